The van der Waals surface area contributed by atoms with Crippen LogP contribution >= 0.6 is 0 Å². The number of carbonyl (C=O) groups excluding carboxylic acids is 1. The van der Waals surface area contributed by atoms with Crippen LogP contribution in [0.3, 0.4) is 0 Å². The molecule has 1 aromatic rings. The van der Waals surface area contributed by atoms with E-state index in [0.29, 0.717) is 17.9 Å². The Balaban J connectivity index is 2.18. The molecule has 1 aliphatic carbocycles. The Morgan fingerprint density at radius 2 is 2.10 bits per heavy atom. The van der Waals surface area contributed by atoms with Gasteiger partial charge in [0.1, 0.15) is 5.75 Å². The molecule has 1 saturated carbocycles. The predicted molar refractivity (Wildman–Crippen MR) is 74.8 cm³/mol. The minimum absolute atomic E-state index is 0.0335. The van der Waals surface area contributed by atoms with E-state index in [-0.39, 0.29) is 11.5 Å². The third kappa shape index (κ3) is 3.14. The molecule has 0 bridgehead atoms. The molecule has 2 rings (SSSR count). The van der Waals surface area contributed by atoms with Gasteiger partial charge in [-0.05, 0) is 25.3 Å². The van der Waals surface area contributed by atoms with Gasteiger partial charge >= 0.3 is 0 Å². The Morgan fingerprint density at radius 3 is 2.75 bits per heavy atom. The lowest BCUT2D eigenvalue weighted by molar-refractivity contribution is -0.384. The molecule has 0 amide bonds. The summed E-state index contributed by atoms with van der Waals surface area (Å²) in [5.74, 6) is 0.531. The molecular weight excluding hydrogens is 260 g/mol. The number of nitrogens with zero attached hydrogens (tertiary/aromatic N) is 1. The second-order valence-electron chi connectivity index (χ2n) is 4.59. The topological polar surface area (TPSA) is 81.5 Å². The molecule has 0 aliphatic heterocycles. The average Bonchev–Trinajstić information content (AvgIpc) is 2.46. The van der Waals surface area contributed by atoms with Gasteiger partial charge in [-0.2, -0.15) is 0 Å². The van der Waals surface area contributed by atoms with Gasteiger partial charge in [-0.1, -0.05) is 0 Å². The summed E-state index contributed by atoms with van der Waals surface area (Å²) in [6, 6.07) is 4.32. The molecule has 0 spiro atoms. The molecular formula is C14H16N2O4. The van der Waals surface area contributed by atoms with Crippen molar-refractivity contribution < 1.29 is 14.5 Å². The highest BCUT2D eigenvalue weighted by Crippen LogP contribution is 2.29. The van der Waals surface area contributed by atoms with Crippen molar-refractivity contribution in [3.63, 3.8) is 0 Å². The van der Waals surface area contributed by atoms with E-state index in [2.05, 4.69) is 5.32 Å². The van der Waals surface area contributed by atoms with Crippen molar-refractivity contribution in [2.75, 3.05) is 12.4 Å². The monoisotopic (exact) mass is 276 g/mol. The van der Waals surface area contributed by atoms with Gasteiger partial charge in [0.2, 0.25) is 0 Å². The zero-order chi connectivity index (χ0) is 14.5. The maximum absolute atomic E-state index is 11.7. The van der Waals surface area contributed by atoms with Crippen LogP contribution in [0, 0.1) is 10.1 Å². The third-order valence-corrected chi connectivity index (χ3v) is 3.26. The number of rotatable bonds is 4. The summed E-state index contributed by atoms with van der Waals surface area (Å²) >= 11 is 0. The van der Waals surface area contributed by atoms with E-state index in [1.54, 1.807) is 12.3 Å². The number of benzene rings is 1. The normalized spacial score (nSPS) is 17.1. The zero-order valence-electron chi connectivity index (χ0n) is 11.2. The summed E-state index contributed by atoms with van der Waals surface area (Å²) in [4.78, 5) is 21.9. The van der Waals surface area contributed by atoms with Gasteiger partial charge in [-0.25, -0.2) is 0 Å². The first-order chi connectivity index (χ1) is 9.61. The second-order valence-corrected chi connectivity index (χ2v) is 4.59. The minimum Gasteiger partial charge on any atom is -0.494 e. The van der Waals surface area contributed by atoms with Crippen LogP contribution in [0.25, 0.3) is 0 Å². The molecule has 20 heavy (non-hydrogen) atoms. The molecule has 1 fully saturated rings. The van der Waals surface area contributed by atoms with Gasteiger partial charge < -0.3 is 10.1 Å². The summed E-state index contributed by atoms with van der Waals surface area (Å²) in [6.45, 7) is 0. The fourth-order valence-electron chi connectivity index (χ4n) is 2.13. The van der Waals surface area contributed by atoms with Gasteiger partial charge in [-0.15, -0.1) is 0 Å². The SMILES string of the molecule is COc1cc([N+](=O)[O-])ccc1N/C=C1\CCCCC1=O. The number of Topliss-reactive ketones (excluding diaryl/α,β-unsaturated/α-hetero) is 1. The van der Waals surface area contributed by atoms with Crippen LogP contribution in [-0.2, 0) is 4.79 Å². The molecule has 0 saturated heterocycles. The second kappa shape index (κ2) is 6.18. The molecule has 1 aliphatic rings. The van der Waals surface area contributed by atoms with E-state index < -0.39 is 4.92 Å². The van der Waals surface area contributed by atoms with Crippen LogP contribution in [0.2, 0.25) is 0 Å². The van der Waals surface area contributed by atoms with Crippen molar-refractivity contribution in [2.24, 2.45) is 0 Å². The lowest BCUT2D eigenvalue weighted by Gasteiger charge is -2.13. The lowest BCUT2D eigenvalue weighted by Crippen LogP contribution is -2.10. The Hall–Kier alpha value is -2.37. The first-order valence-electron chi connectivity index (χ1n) is 6.43. The minimum atomic E-state index is -0.477. The van der Waals surface area contributed by atoms with Crippen molar-refractivity contribution in [2.45, 2.75) is 25.7 Å². The Bertz CT molecular complexity index is 566. The van der Waals surface area contributed by atoms with Crippen LogP contribution in [0.15, 0.2) is 30.0 Å². The summed E-state index contributed by atoms with van der Waals surface area (Å²) < 4.78 is 5.12. The van der Waals surface area contributed by atoms with Gasteiger partial charge in [-0.3, -0.25) is 14.9 Å². The van der Waals surface area contributed by atoms with E-state index in [0.717, 1.165) is 24.8 Å². The van der Waals surface area contributed by atoms with Gasteiger partial charge in [0.05, 0.1) is 23.8 Å². The van der Waals surface area contributed by atoms with Crippen LogP contribution in [-0.4, -0.2) is 17.8 Å². The van der Waals surface area contributed by atoms with Crippen LogP contribution < -0.4 is 10.1 Å². The fraction of sp³-hybridized carbons (Fsp3) is 0.357. The molecule has 0 unspecified atom stereocenters. The molecule has 0 atom stereocenters. The first kappa shape index (κ1) is 14.0. The van der Waals surface area contributed by atoms with E-state index >= 15 is 0 Å². The Labute approximate surface area is 116 Å². The number of nitrogens with one attached hydrogen (secondary N) is 1. The van der Waals surface area contributed by atoms with Crippen LogP contribution in [0.4, 0.5) is 11.4 Å². The van der Waals surface area contributed by atoms with E-state index in [1.165, 1.54) is 19.2 Å². The molecule has 106 valence electrons. The number of hydrogen-bond acceptors (Lipinski definition) is 5. The largest absolute Gasteiger partial charge is 0.494 e. The number of ketones is 1. The number of allylic oxidation sites excluding steroid dienone is 1. The Morgan fingerprint density at radius 1 is 1.35 bits per heavy atom. The number of hydrogen-bond donors (Lipinski definition) is 1. The molecule has 1 N–H and O–H groups in total. The van der Waals surface area contributed by atoms with Crippen molar-refractivity contribution in [3.05, 3.63) is 40.1 Å². The molecule has 0 radical (unpaired) electrons. The first-order valence-corrected chi connectivity index (χ1v) is 6.43. The number of ether oxygens (including phenoxy) is 1. The summed E-state index contributed by atoms with van der Waals surface area (Å²) in [5, 5.41) is 13.7. The predicted octanol–water partition coefficient (Wildman–Crippen LogP) is 3.04. The Kier molecular flexibility index (Phi) is 4.34. The molecule has 6 nitrogen and oxygen atoms in total. The number of nitro groups is 1. The third-order valence-electron chi connectivity index (χ3n) is 3.26. The van der Waals surface area contributed by atoms with Crippen molar-refractivity contribution in [1.29, 1.82) is 0 Å². The fourth-order valence-corrected chi connectivity index (χ4v) is 2.13. The van der Waals surface area contributed by atoms with E-state index in [1.807, 2.05) is 0 Å². The number of carbonyl (C=O) groups is 1. The van der Waals surface area contributed by atoms with Crippen LogP contribution in [0.5, 0.6) is 5.75 Å². The van der Waals surface area contributed by atoms with Gasteiger partial charge in [0.25, 0.3) is 5.69 Å². The van der Waals surface area contributed by atoms with Gasteiger partial charge in [0.15, 0.2) is 5.78 Å². The number of methoxy groups -OCH3 is 1. The maximum Gasteiger partial charge on any atom is 0.273 e. The molecule has 1 aromatic carbocycles. The highest BCUT2D eigenvalue weighted by molar-refractivity contribution is 5.96. The van der Waals surface area contributed by atoms with Crippen molar-refractivity contribution in [3.8, 4) is 5.75 Å². The smallest absolute Gasteiger partial charge is 0.273 e. The molecule has 0 aromatic heterocycles. The van der Waals surface area contributed by atoms with Crippen LogP contribution in [0.1, 0.15) is 25.7 Å². The summed E-state index contributed by atoms with van der Waals surface area (Å²) in [7, 11) is 1.45. The van der Waals surface area contributed by atoms with E-state index in [9.17, 15) is 14.9 Å². The number of nitro benzene ring substituents is 1. The summed E-state index contributed by atoms with van der Waals surface area (Å²) in [5.41, 5.74) is 1.33. The quantitative estimate of drug-likeness (QED) is 0.519. The average molecular weight is 276 g/mol. The standard InChI is InChI=1S/C14H16N2O4/c1-20-14-8-11(16(18)19)6-7-12(14)15-9-10-4-2-3-5-13(10)17/h6-9,15H,2-5H2,1H3/b10-9+. The lowest BCUT2D eigenvalue weighted by atomic mass is 9.94. The highest BCUT2D eigenvalue weighted by atomic mass is 16.6. The summed E-state index contributed by atoms with van der Waals surface area (Å²) in [6.07, 6.45) is 4.98. The van der Waals surface area contributed by atoms with Gasteiger partial charge in [0, 0.05) is 24.3 Å². The van der Waals surface area contributed by atoms with E-state index in [4.69, 9.17) is 4.74 Å². The number of non-ortho nitro benzene ring substituents is 1. The molecule has 6 heteroatoms. The maximum atomic E-state index is 11.7. The zero-order valence-corrected chi connectivity index (χ0v) is 11.2. The molecule has 0 heterocycles. The van der Waals surface area contributed by atoms with Crippen molar-refractivity contribution >= 4 is 17.2 Å². The van der Waals surface area contributed by atoms with Crippen molar-refractivity contribution in [1.82, 2.24) is 0 Å². The number of anilines is 1. The highest BCUT2D eigenvalue weighted by Gasteiger charge is 2.15.